The first-order chi connectivity index (χ1) is 18.8. The molecule has 0 unspecified atom stereocenters. The lowest BCUT2D eigenvalue weighted by molar-refractivity contribution is -0.662. The smallest absolute Gasteiger partial charge is 0.352 e. The number of β-lactam (4-membered cyclic amide) rings is 1. The zero-order valence-electron chi connectivity index (χ0n) is 20.6. The van der Waals surface area contributed by atoms with Crippen LogP contribution in [0.15, 0.2) is 46.3 Å². The molecule has 2 amide bonds. The molecule has 3 aromatic heterocycles. The molecular weight excluding hydrogens is 548 g/mol. The SMILES string of the molecule is CO/N=C(\C(=O)N[C@@H]1C(=O)N2C(C(=O)O)=C(C[n+]3ccn4nc(NCCN)ccc43)CS[C@H]12)c1csc(N)n1. The fourth-order valence-corrected chi connectivity index (χ4v) is 6.21. The van der Waals surface area contributed by atoms with Crippen LogP contribution in [0.5, 0.6) is 0 Å². The van der Waals surface area contributed by atoms with Crippen LogP contribution in [0.2, 0.25) is 0 Å². The maximum absolute atomic E-state index is 13.1. The number of thioether (sulfide) groups is 1. The Balaban J connectivity index is 1.34. The predicted molar refractivity (Wildman–Crippen MR) is 143 cm³/mol. The van der Waals surface area contributed by atoms with Crippen molar-refractivity contribution in [3.8, 4) is 0 Å². The molecule has 2 aliphatic rings. The first-order valence-corrected chi connectivity index (χ1v) is 13.6. The van der Waals surface area contributed by atoms with Gasteiger partial charge in [0.1, 0.15) is 42.7 Å². The Kier molecular flexibility index (Phi) is 7.36. The van der Waals surface area contributed by atoms with E-state index < -0.39 is 29.2 Å². The summed E-state index contributed by atoms with van der Waals surface area (Å²) < 4.78 is 3.53. The van der Waals surface area contributed by atoms with Gasteiger partial charge in [0.25, 0.3) is 11.8 Å². The molecule has 2 atom stereocenters. The van der Waals surface area contributed by atoms with Crippen LogP contribution < -0.4 is 26.7 Å². The number of carboxylic acids is 1. The second-order valence-corrected chi connectivity index (χ2v) is 10.5. The fourth-order valence-electron chi connectivity index (χ4n) is 4.33. The van der Waals surface area contributed by atoms with E-state index in [0.29, 0.717) is 30.2 Å². The van der Waals surface area contributed by atoms with E-state index in [1.807, 2.05) is 16.7 Å². The highest BCUT2D eigenvalue weighted by molar-refractivity contribution is 8.00. The van der Waals surface area contributed by atoms with E-state index in [1.54, 1.807) is 22.3 Å². The normalized spacial score (nSPS) is 19.1. The van der Waals surface area contributed by atoms with E-state index in [1.165, 1.54) is 23.8 Å². The topological polar surface area (TPSA) is 206 Å². The molecule has 7 N–H and O–H groups in total. The van der Waals surface area contributed by atoms with E-state index in [2.05, 4.69) is 25.9 Å². The van der Waals surface area contributed by atoms with Crippen LogP contribution in [-0.4, -0.2) is 85.5 Å². The summed E-state index contributed by atoms with van der Waals surface area (Å²) in [7, 11) is 1.28. The number of nitrogens with zero attached hydrogens (tertiary/aromatic N) is 6. The van der Waals surface area contributed by atoms with E-state index in [-0.39, 0.29) is 28.8 Å². The number of amides is 2. The summed E-state index contributed by atoms with van der Waals surface area (Å²) >= 11 is 2.49. The van der Waals surface area contributed by atoms with Crippen LogP contribution in [0.3, 0.4) is 0 Å². The molecule has 0 radical (unpaired) electrons. The van der Waals surface area contributed by atoms with Gasteiger partial charge in [-0.05, 0) is 6.07 Å². The van der Waals surface area contributed by atoms with Crippen LogP contribution >= 0.6 is 23.1 Å². The Morgan fingerprint density at radius 3 is 2.90 bits per heavy atom. The molecule has 0 saturated carbocycles. The van der Waals surface area contributed by atoms with Crippen molar-refractivity contribution in [3.05, 3.63) is 46.9 Å². The molecule has 39 heavy (non-hydrogen) atoms. The van der Waals surface area contributed by atoms with Gasteiger partial charge in [-0.1, -0.05) is 14.8 Å². The van der Waals surface area contributed by atoms with Crippen molar-refractivity contribution >= 4 is 63.2 Å². The molecule has 2 aliphatic heterocycles. The van der Waals surface area contributed by atoms with Gasteiger partial charge in [-0.2, -0.15) is 0 Å². The number of fused-ring (bicyclic) bond motifs is 2. The summed E-state index contributed by atoms with van der Waals surface area (Å²) in [6.07, 6.45) is 3.55. The van der Waals surface area contributed by atoms with Gasteiger partial charge in [0.2, 0.25) is 0 Å². The molecule has 3 aromatic rings. The second-order valence-electron chi connectivity index (χ2n) is 8.47. The number of carbonyl (C=O) groups excluding carboxylic acids is 2. The van der Waals surface area contributed by atoms with Gasteiger partial charge < -0.3 is 32.0 Å². The van der Waals surface area contributed by atoms with Crippen LogP contribution in [0, 0.1) is 0 Å². The van der Waals surface area contributed by atoms with E-state index in [0.717, 1.165) is 17.0 Å². The van der Waals surface area contributed by atoms with Gasteiger partial charge in [-0.15, -0.1) is 23.1 Å². The number of carboxylic acid groups (broad SMARTS) is 1. The molecular formula is C22H25N10O5S2+. The minimum atomic E-state index is -1.22. The Bertz CT molecular complexity index is 1520. The average Bonchev–Trinajstić information content (AvgIpc) is 3.54. The Morgan fingerprint density at radius 1 is 1.38 bits per heavy atom. The number of aromatic nitrogens is 4. The predicted octanol–water partition coefficient (Wildman–Crippen LogP) is -1.18. The van der Waals surface area contributed by atoms with Gasteiger partial charge in [0, 0.05) is 35.9 Å². The van der Waals surface area contributed by atoms with E-state index in [9.17, 15) is 19.5 Å². The Morgan fingerprint density at radius 2 is 2.21 bits per heavy atom. The number of oxime groups is 1. The zero-order chi connectivity index (χ0) is 27.7. The lowest BCUT2D eigenvalue weighted by Crippen LogP contribution is -2.71. The lowest BCUT2D eigenvalue weighted by Gasteiger charge is -2.49. The number of carbonyl (C=O) groups is 3. The highest BCUT2D eigenvalue weighted by Crippen LogP contribution is 2.40. The maximum atomic E-state index is 13.1. The largest absolute Gasteiger partial charge is 0.477 e. The number of hydrogen-bond acceptors (Lipinski definition) is 12. The molecule has 0 bridgehead atoms. The van der Waals surface area contributed by atoms with Gasteiger partial charge in [-0.3, -0.25) is 14.5 Å². The van der Waals surface area contributed by atoms with Crippen LogP contribution in [0.25, 0.3) is 5.65 Å². The van der Waals surface area contributed by atoms with Gasteiger partial charge in [0.15, 0.2) is 22.9 Å². The summed E-state index contributed by atoms with van der Waals surface area (Å²) in [5, 5.41) is 25.2. The summed E-state index contributed by atoms with van der Waals surface area (Å²) in [6.45, 7) is 1.29. The minimum Gasteiger partial charge on any atom is -0.477 e. The minimum absolute atomic E-state index is 0.0895. The van der Waals surface area contributed by atoms with Gasteiger partial charge in [-0.25, -0.2) is 14.3 Å². The Labute approximate surface area is 229 Å². The van der Waals surface area contributed by atoms with Crippen LogP contribution in [0.4, 0.5) is 10.9 Å². The summed E-state index contributed by atoms with van der Waals surface area (Å²) in [4.78, 5) is 48.4. The van der Waals surface area contributed by atoms with Gasteiger partial charge in [0.05, 0.1) is 0 Å². The number of nitrogens with two attached hydrogens (primary N) is 2. The number of imidazole rings is 1. The molecule has 5 rings (SSSR count). The highest BCUT2D eigenvalue weighted by Gasteiger charge is 2.54. The third-order valence-corrected chi connectivity index (χ3v) is 8.05. The molecule has 15 nitrogen and oxygen atoms in total. The van der Waals surface area contributed by atoms with Crippen molar-refractivity contribution in [2.75, 3.05) is 37.0 Å². The van der Waals surface area contributed by atoms with Crippen LogP contribution in [-0.2, 0) is 25.8 Å². The van der Waals surface area contributed by atoms with Crippen LogP contribution in [0.1, 0.15) is 5.69 Å². The maximum Gasteiger partial charge on any atom is 0.352 e. The van der Waals surface area contributed by atoms with Gasteiger partial charge >= 0.3 is 11.6 Å². The number of anilines is 2. The van der Waals surface area contributed by atoms with Crippen molar-refractivity contribution in [2.45, 2.75) is 18.0 Å². The Hall–Kier alpha value is -4.22. The number of hydrogen-bond donors (Lipinski definition) is 5. The molecule has 0 spiro atoms. The third kappa shape index (κ3) is 4.98. The number of nitrogens with one attached hydrogen (secondary N) is 2. The highest BCUT2D eigenvalue weighted by atomic mass is 32.2. The van der Waals surface area contributed by atoms with Crippen molar-refractivity contribution in [1.82, 2.24) is 24.8 Å². The lowest BCUT2D eigenvalue weighted by atomic mass is 10.0. The fraction of sp³-hybridized carbons (Fsp3) is 0.318. The second kappa shape index (κ2) is 10.9. The summed E-state index contributed by atoms with van der Waals surface area (Å²) in [5.74, 6) is -1.43. The van der Waals surface area contributed by atoms with E-state index >= 15 is 0 Å². The van der Waals surface area contributed by atoms with Crippen molar-refractivity contribution in [1.29, 1.82) is 0 Å². The van der Waals surface area contributed by atoms with Crippen molar-refractivity contribution in [3.63, 3.8) is 0 Å². The molecule has 0 aromatic carbocycles. The van der Waals surface area contributed by atoms with Crippen molar-refractivity contribution in [2.24, 2.45) is 10.9 Å². The van der Waals surface area contributed by atoms with Crippen molar-refractivity contribution < 1.29 is 28.9 Å². The monoisotopic (exact) mass is 573 g/mol. The quantitative estimate of drug-likeness (QED) is 0.0844. The van der Waals surface area contributed by atoms with E-state index in [4.69, 9.17) is 16.3 Å². The molecule has 204 valence electrons. The molecule has 1 fully saturated rings. The first kappa shape index (κ1) is 26.4. The third-order valence-electron chi connectivity index (χ3n) is 6.03. The standard InChI is InChI=1S/C22H24N10O5S2/c1-37-29-15(12-10-39-22(24)26-12)18(33)27-16-19(34)32-17(21(35)36)11(9-38-20(16)32)8-30-6-7-31-14(30)3-2-13(28-31)25-5-4-23/h2-3,6-7,10,16,20H,4-5,8-9,23H2,1H3,(H4-,24,25,26,27,28,33,35,36)/p+1/b29-15-/t16-,20-/m1/s1. The molecule has 1 saturated heterocycles. The molecule has 0 aliphatic carbocycles. The summed E-state index contributed by atoms with van der Waals surface area (Å²) in [5.41, 5.74) is 12.5. The number of aliphatic carboxylic acids is 1. The molecule has 5 heterocycles. The molecule has 17 heteroatoms. The summed E-state index contributed by atoms with van der Waals surface area (Å²) in [6, 6.07) is 2.73. The number of rotatable bonds is 10. The number of nitrogen functional groups attached to an aromatic ring is 1. The average molecular weight is 574 g/mol. The first-order valence-electron chi connectivity index (χ1n) is 11.7. The zero-order valence-corrected chi connectivity index (χ0v) is 22.2. The number of thiazole rings is 1.